The maximum Gasteiger partial charge on any atom is 0.152 e. The molecule has 84 valence electrons. The number of ether oxygens (including phenoxy) is 1. The Kier molecular flexibility index (Phi) is 2.46. The van der Waals surface area contributed by atoms with Crippen LogP contribution < -0.4 is 5.32 Å². The molecule has 1 fully saturated rings. The standard InChI is InChI=1S/C11H14N4O/c1-2-9(16-7-1)8-13-11-10-3-4-14-15(10)6-5-12-11/h3-6,9H,1-2,7-8H2,(H,12,13). The van der Waals surface area contributed by atoms with Gasteiger partial charge in [-0.2, -0.15) is 5.10 Å². The van der Waals surface area contributed by atoms with Crippen LogP contribution in [-0.2, 0) is 4.74 Å². The molecule has 1 aliphatic rings. The molecule has 16 heavy (non-hydrogen) atoms. The van der Waals surface area contributed by atoms with Crippen LogP contribution in [0.25, 0.3) is 5.52 Å². The number of nitrogens with one attached hydrogen (secondary N) is 1. The lowest BCUT2D eigenvalue weighted by molar-refractivity contribution is 0.120. The SMILES string of the molecule is c1cn2nccc2c(NCC2CCCO2)n1. The molecular formula is C11H14N4O. The van der Waals surface area contributed by atoms with E-state index in [9.17, 15) is 0 Å². The van der Waals surface area contributed by atoms with E-state index in [4.69, 9.17) is 4.74 Å². The van der Waals surface area contributed by atoms with Crippen LogP contribution in [0, 0.1) is 0 Å². The second-order valence-electron chi connectivity index (χ2n) is 3.95. The molecule has 5 heteroatoms. The zero-order valence-electron chi connectivity index (χ0n) is 8.97. The molecule has 0 amide bonds. The van der Waals surface area contributed by atoms with Gasteiger partial charge in [-0.25, -0.2) is 9.50 Å². The Bertz CT molecular complexity index is 476. The van der Waals surface area contributed by atoms with Gasteiger partial charge in [-0.15, -0.1) is 0 Å². The van der Waals surface area contributed by atoms with Crippen molar-refractivity contribution in [3.63, 3.8) is 0 Å². The Hall–Kier alpha value is -1.62. The van der Waals surface area contributed by atoms with Crippen molar-refractivity contribution in [2.45, 2.75) is 18.9 Å². The van der Waals surface area contributed by atoms with E-state index < -0.39 is 0 Å². The number of aromatic nitrogens is 3. The number of rotatable bonds is 3. The smallest absolute Gasteiger partial charge is 0.152 e. The fraction of sp³-hybridized carbons (Fsp3) is 0.455. The van der Waals surface area contributed by atoms with Gasteiger partial charge in [0.25, 0.3) is 0 Å². The van der Waals surface area contributed by atoms with Crippen molar-refractivity contribution in [1.82, 2.24) is 14.6 Å². The fourth-order valence-electron chi connectivity index (χ4n) is 2.01. The third kappa shape index (κ3) is 1.74. The summed E-state index contributed by atoms with van der Waals surface area (Å²) in [5.74, 6) is 0.871. The largest absolute Gasteiger partial charge is 0.376 e. The minimum Gasteiger partial charge on any atom is -0.376 e. The van der Waals surface area contributed by atoms with Crippen molar-refractivity contribution >= 4 is 11.3 Å². The monoisotopic (exact) mass is 218 g/mol. The summed E-state index contributed by atoms with van der Waals surface area (Å²) in [6, 6.07) is 1.95. The van der Waals surface area contributed by atoms with E-state index in [1.165, 1.54) is 0 Å². The molecule has 5 nitrogen and oxygen atoms in total. The van der Waals surface area contributed by atoms with Gasteiger partial charge in [-0.1, -0.05) is 0 Å². The Labute approximate surface area is 93.4 Å². The molecule has 3 rings (SSSR count). The Balaban J connectivity index is 1.75. The maximum absolute atomic E-state index is 5.56. The summed E-state index contributed by atoms with van der Waals surface area (Å²) in [4.78, 5) is 4.31. The predicted molar refractivity (Wildman–Crippen MR) is 60.5 cm³/mol. The van der Waals surface area contributed by atoms with Crippen LogP contribution in [0.2, 0.25) is 0 Å². The van der Waals surface area contributed by atoms with Gasteiger partial charge in [0.2, 0.25) is 0 Å². The average molecular weight is 218 g/mol. The molecule has 0 radical (unpaired) electrons. The molecule has 1 atom stereocenters. The number of nitrogens with zero attached hydrogens (tertiary/aromatic N) is 3. The van der Waals surface area contributed by atoms with Crippen LogP contribution in [0.1, 0.15) is 12.8 Å². The van der Waals surface area contributed by atoms with E-state index in [1.807, 2.05) is 16.8 Å². The molecular weight excluding hydrogens is 204 g/mol. The summed E-state index contributed by atoms with van der Waals surface area (Å²) in [5.41, 5.74) is 1.00. The first-order chi connectivity index (χ1) is 7.93. The van der Waals surface area contributed by atoms with E-state index in [1.54, 1.807) is 12.4 Å². The Morgan fingerprint density at radius 3 is 3.38 bits per heavy atom. The molecule has 0 bridgehead atoms. The maximum atomic E-state index is 5.56. The van der Waals surface area contributed by atoms with E-state index in [0.717, 1.165) is 37.3 Å². The lowest BCUT2D eigenvalue weighted by Gasteiger charge is -2.11. The van der Waals surface area contributed by atoms with E-state index in [0.29, 0.717) is 6.10 Å². The molecule has 0 saturated carbocycles. The van der Waals surface area contributed by atoms with Gasteiger partial charge < -0.3 is 10.1 Å². The second kappa shape index (κ2) is 4.09. The van der Waals surface area contributed by atoms with Gasteiger partial charge >= 0.3 is 0 Å². The molecule has 1 N–H and O–H groups in total. The lowest BCUT2D eigenvalue weighted by Crippen LogP contribution is -2.19. The predicted octanol–water partition coefficient (Wildman–Crippen LogP) is 1.32. The summed E-state index contributed by atoms with van der Waals surface area (Å²) < 4.78 is 7.37. The molecule has 2 aromatic rings. The number of anilines is 1. The van der Waals surface area contributed by atoms with Crippen LogP contribution in [0.4, 0.5) is 5.82 Å². The summed E-state index contributed by atoms with van der Waals surface area (Å²) in [6.45, 7) is 1.70. The number of hydrogen-bond donors (Lipinski definition) is 1. The van der Waals surface area contributed by atoms with E-state index >= 15 is 0 Å². The lowest BCUT2D eigenvalue weighted by atomic mass is 10.2. The van der Waals surface area contributed by atoms with Gasteiger partial charge in [-0.3, -0.25) is 0 Å². The van der Waals surface area contributed by atoms with Gasteiger partial charge in [0.15, 0.2) is 5.82 Å². The van der Waals surface area contributed by atoms with Gasteiger partial charge in [0, 0.05) is 25.5 Å². The third-order valence-corrected chi connectivity index (χ3v) is 2.85. The van der Waals surface area contributed by atoms with Crippen LogP contribution in [0.15, 0.2) is 24.7 Å². The fourth-order valence-corrected chi connectivity index (χ4v) is 2.01. The third-order valence-electron chi connectivity index (χ3n) is 2.85. The average Bonchev–Trinajstić information content (AvgIpc) is 2.97. The number of fused-ring (bicyclic) bond motifs is 1. The highest BCUT2D eigenvalue weighted by Crippen LogP contribution is 2.15. The Morgan fingerprint density at radius 1 is 1.50 bits per heavy atom. The first-order valence-electron chi connectivity index (χ1n) is 5.57. The Morgan fingerprint density at radius 2 is 2.50 bits per heavy atom. The minimum atomic E-state index is 0.324. The van der Waals surface area contributed by atoms with Gasteiger partial charge in [0.05, 0.1) is 12.3 Å². The summed E-state index contributed by atoms with van der Waals surface area (Å²) in [5, 5.41) is 7.48. The first kappa shape index (κ1) is 9.59. The first-order valence-corrected chi connectivity index (χ1v) is 5.57. The van der Waals surface area contributed by atoms with Crippen LogP contribution >= 0.6 is 0 Å². The summed E-state index contributed by atoms with van der Waals surface area (Å²) in [6.07, 6.45) is 7.98. The summed E-state index contributed by atoms with van der Waals surface area (Å²) >= 11 is 0. The van der Waals surface area contributed by atoms with Crippen LogP contribution in [0.3, 0.4) is 0 Å². The minimum absolute atomic E-state index is 0.324. The molecule has 0 spiro atoms. The molecule has 0 aliphatic carbocycles. The molecule has 2 aromatic heterocycles. The van der Waals surface area contributed by atoms with Crippen LogP contribution in [0.5, 0.6) is 0 Å². The molecule has 1 aliphatic heterocycles. The van der Waals surface area contributed by atoms with Crippen LogP contribution in [-0.4, -0.2) is 33.9 Å². The summed E-state index contributed by atoms with van der Waals surface area (Å²) in [7, 11) is 0. The zero-order valence-corrected chi connectivity index (χ0v) is 8.97. The van der Waals surface area contributed by atoms with Gasteiger partial charge in [0.1, 0.15) is 5.52 Å². The quantitative estimate of drug-likeness (QED) is 0.844. The normalized spacial score (nSPS) is 20.4. The molecule has 0 aromatic carbocycles. The van der Waals surface area contributed by atoms with Crippen molar-refractivity contribution in [2.75, 3.05) is 18.5 Å². The van der Waals surface area contributed by atoms with Crippen molar-refractivity contribution < 1.29 is 4.74 Å². The molecule has 1 saturated heterocycles. The van der Waals surface area contributed by atoms with Crippen molar-refractivity contribution in [2.24, 2.45) is 0 Å². The topological polar surface area (TPSA) is 51.5 Å². The van der Waals surface area contributed by atoms with Gasteiger partial charge in [-0.05, 0) is 18.9 Å². The van der Waals surface area contributed by atoms with Crippen molar-refractivity contribution in [1.29, 1.82) is 0 Å². The highest BCUT2D eigenvalue weighted by atomic mass is 16.5. The molecule has 1 unspecified atom stereocenters. The van der Waals surface area contributed by atoms with Crippen molar-refractivity contribution in [3.8, 4) is 0 Å². The molecule has 3 heterocycles. The zero-order chi connectivity index (χ0) is 10.8. The number of hydrogen-bond acceptors (Lipinski definition) is 4. The van der Waals surface area contributed by atoms with Crippen molar-refractivity contribution in [3.05, 3.63) is 24.7 Å². The highest BCUT2D eigenvalue weighted by molar-refractivity contribution is 5.66. The van der Waals surface area contributed by atoms with E-state index in [-0.39, 0.29) is 0 Å². The highest BCUT2D eigenvalue weighted by Gasteiger charge is 2.15. The van der Waals surface area contributed by atoms with E-state index in [2.05, 4.69) is 15.4 Å². The second-order valence-corrected chi connectivity index (χ2v) is 3.95.